The van der Waals surface area contributed by atoms with Gasteiger partial charge in [0, 0.05) is 12.1 Å². The van der Waals surface area contributed by atoms with Gasteiger partial charge in [-0.15, -0.1) is 0 Å². The lowest BCUT2D eigenvalue weighted by Crippen LogP contribution is -2.35. The SMILES string of the molecule is COc1cc(C(=O)NCC2CCNCC2)ccc1Cl. The molecule has 2 rings (SSSR count). The van der Waals surface area contributed by atoms with Crippen molar-refractivity contribution >= 4 is 17.5 Å². The summed E-state index contributed by atoms with van der Waals surface area (Å²) in [6.07, 6.45) is 2.23. The third kappa shape index (κ3) is 3.85. The Bertz CT molecular complexity index is 445. The highest BCUT2D eigenvalue weighted by Crippen LogP contribution is 2.25. The van der Waals surface area contributed by atoms with Gasteiger partial charge >= 0.3 is 0 Å². The Kier molecular flexibility index (Phi) is 5.05. The normalized spacial score (nSPS) is 16.1. The highest BCUT2D eigenvalue weighted by Gasteiger charge is 2.15. The van der Waals surface area contributed by atoms with Gasteiger partial charge in [0.15, 0.2) is 0 Å². The molecule has 0 bridgehead atoms. The number of hydrogen-bond donors (Lipinski definition) is 2. The molecule has 1 aliphatic rings. The molecule has 2 N–H and O–H groups in total. The summed E-state index contributed by atoms with van der Waals surface area (Å²) in [7, 11) is 1.54. The number of rotatable bonds is 4. The number of benzene rings is 1. The first-order valence-corrected chi connectivity index (χ1v) is 6.91. The summed E-state index contributed by atoms with van der Waals surface area (Å²) in [5.41, 5.74) is 0.579. The number of halogens is 1. The van der Waals surface area contributed by atoms with E-state index in [1.807, 2.05) is 0 Å². The molecule has 1 aromatic rings. The smallest absolute Gasteiger partial charge is 0.251 e. The third-order valence-electron chi connectivity index (χ3n) is 3.42. The van der Waals surface area contributed by atoms with E-state index in [-0.39, 0.29) is 5.91 Å². The van der Waals surface area contributed by atoms with Gasteiger partial charge in [-0.25, -0.2) is 0 Å². The van der Waals surface area contributed by atoms with Gasteiger partial charge in [-0.2, -0.15) is 0 Å². The Labute approximate surface area is 118 Å². The largest absolute Gasteiger partial charge is 0.495 e. The Balaban J connectivity index is 1.92. The van der Waals surface area contributed by atoms with Crippen LogP contribution in [0.25, 0.3) is 0 Å². The molecule has 0 unspecified atom stereocenters. The monoisotopic (exact) mass is 282 g/mol. The standard InChI is InChI=1S/C14H19ClN2O2/c1-19-13-8-11(2-3-12(13)15)14(18)17-9-10-4-6-16-7-5-10/h2-3,8,10,16H,4-7,9H2,1H3,(H,17,18). The minimum absolute atomic E-state index is 0.0755. The van der Waals surface area contributed by atoms with E-state index in [0.717, 1.165) is 32.5 Å². The molecule has 0 spiro atoms. The molecular weight excluding hydrogens is 264 g/mol. The van der Waals surface area contributed by atoms with E-state index in [2.05, 4.69) is 10.6 Å². The predicted molar refractivity (Wildman–Crippen MR) is 75.9 cm³/mol. The molecule has 104 valence electrons. The summed E-state index contributed by atoms with van der Waals surface area (Å²) in [4.78, 5) is 12.0. The summed E-state index contributed by atoms with van der Waals surface area (Å²) in [5, 5.41) is 6.80. The quantitative estimate of drug-likeness (QED) is 0.889. The van der Waals surface area contributed by atoms with E-state index in [1.165, 1.54) is 7.11 Å². The molecule has 1 amide bonds. The number of carbonyl (C=O) groups is 1. The van der Waals surface area contributed by atoms with E-state index < -0.39 is 0 Å². The lowest BCUT2D eigenvalue weighted by Gasteiger charge is -2.22. The third-order valence-corrected chi connectivity index (χ3v) is 3.74. The first-order chi connectivity index (χ1) is 9.20. The average molecular weight is 283 g/mol. The fourth-order valence-corrected chi connectivity index (χ4v) is 2.42. The van der Waals surface area contributed by atoms with Crippen LogP contribution in [0.1, 0.15) is 23.2 Å². The zero-order valence-corrected chi connectivity index (χ0v) is 11.8. The van der Waals surface area contributed by atoms with Gasteiger partial charge in [0.25, 0.3) is 5.91 Å². The second kappa shape index (κ2) is 6.78. The molecule has 0 radical (unpaired) electrons. The Hall–Kier alpha value is -1.26. The summed E-state index contributed by atoms with van der Waals surface area (Å²) in [5.74, 6) is 1.02. The zero-order chi connectivity index (χ0) is 13.7. The fourth-order valence-electron chi connectivity index (χ4n) is 2.23. The van der Waals surface area contributed by atoms with Gasteiger partial charge in [-0.05, 0) is 50.0 Å². The van der Waals surface area contributed by atoms with Crippen LogP contribution in [0.15, 0.2) is 18.2 Å². The summed E-state index contributed by atoms with van der Waals surface area (Å²) >= 11 is 5.94. The van der Waals surface area contributed by atoms with Crippen molar-refractivity contribution in [1.29, 1.82) is 0 Å². The van der Waals surface area contributed by atoms with Crippen LogP contribution in [0.4, 0.5) is 0 Å². The Morgan fingerprint density at radius 3 is 2.89 bits per heavy atom. The second-order valence-corrected chi connectivity index (χ2v) is 5.16. The van der Waals surface area contributed by atoms with Crippen LogP contribution >= 0.6 is 11.6 Å². The Morgan fingerprint density at radius 1 is 1.47 bits per heavy atom. The molecule has 1 aromatic carbocycles. The van der Waals surface area contributed by atoms with E-state index in [1.54, 1.807) is 18.2 Å². The van der Waals surface area contributed by atoms with Crippen LogP contribution in [0.5, 0.6) is 5.75 Å². The van der Waals surface area contributed by atoms with E-state index >= 15 is 0 Å². The molecule has 1 fully saturated rings. The lowest BCUT2D eigenvalue weighted by atomic mass is 9.98. The van der Waals surface area contributed by atoms with Crippen LogP contribution in [-0.2, 0) is 0 Å². The minimum Gasteiger partial charge on any atom is -0.495 e. The minimum atomic E-state index is -0.0755. The van der Waals surface area contributed by atoms with Gasteiger partial charge in [-0.1, -0.05) is 11.6 Å². The van der Waals surface area contributed by atoms with Gasteiger partial charge in [-0.3, -0.25) is 4.79 Å². The first kappa shape index (κ1) is 14.2. The van der Waals surface area contributed by atoms with Crippen molar-refractivity contribution in [2.45, 2.75) is 12.8 Å². The van der Waals surface area contributed by atoms with Gasteiger partial charge < -0.3 is 15.4 Å². The second-order valence-electron chi connectivity index (χ2n) is 4.75. The van der Waals surface area contributed by atoms with Crippen molar-refractivity contribution in [2.75, 3.05) is 26.7 Å². The number of hydrogen-bond acceptors (Lipinski definition) is 3. The Morgan fingerprint density at radius 2 is 2.21 bits per heavy atom. The van der Waals surface area contributed by atoms with Crippen molar-refractivity contribution < 1.29 is 9.53 Å². The number of carbonyl (C=O) groups excluding carboxylic acids is 1. The van der Waals surface area contributed by atoms with Gasteiger partial charge in [0.05, 0.1) is 12.1 Å². The number of methoxy groups -OCH3 is 1. The van der Waals surface area contributed by atoms with Crippen molar-refractivity contribution in [3.8, 4) is 5.75 Å². The van der Waals surface area contributed by atoms with E-state index in [9.17, 15) is 4.79 Å². The van der Waals surface area contributed by atoms with Crippen LogP contribution in [0.2, 0.25) is 5.02 Å². The maximum absolute atomic E-state index is 12.0. The summed E-state index contributed by atoms with van der Waals surface area (Å²) in [6, 6.07) is 5.06. The molecule has 4 nitrogen and oxygen atoms in total. The molecule has 0 aliphatic carbocycles. The molecule has 0 atom stereocenters. The number of ether oxygens (including phenoxy) is 1. The highest BCUT2D eigenvalue weighted by molar-refractivity contribution is 6.32. The maximum atomic E-state index is 12.0. The van der Waals surface area contributed by atoms with Gasteiger partial charge in [0.1, 0.15) is 5.75 Å². The zero-order valence-electron chi connectivity index (χ0n) is 11.0. The topological polar surface area (TPSA) is 50.4 Å². The van der Waals surface area contributed by atoms with Crippen molar-refractivity contribution in [1.82, 2.24) is 10.6 Å². The number of amides is 1. The number of piperidine rings is 1. The van der Waals surface area contributed by atoms with E-state index in [4.69, 9.17) is 16.3 Å². The van der Waals surface area contributed by atoms with Crippen molar-refractivity contribution in [2.24, 2.45) is 5.92 Å². The van der Waals surface area contributed by atoms with Gasteiger partial charge in [0.2, 0.25) is 0 Å². The average Bonchev–Trinajstić information content (AvgIpc) is 2.46. The summed E-state index contributed by atoms with van der Waals surface area (Å²) < 4.78 is 5.11. The van der Waals surface area contributed by atoms with Crippen LogP contribution in [0.3, 0.4) is 0 Å². The molecule has 1 saturated heterocycles. The van der Waals surface area contributed by atoms with Crippen molar-refractivity contribution in [3.63, 3.8) is 0 Å². The molecule has 5 heteroatoms. The van der Waals surface area contributed by atoms with Crippen LogP contribution in [-0.4, -0.2) is 32.7 Å². The summed E-state index contributed by atoms with van der Waals surface area (Å²) in [6.45, 7) is 2.80. The van der Waals surface area contributed by atoms with Crippen LogP contribution < -0.4 is 15.4 Å². The predicted octanol–water partition coefficient (Wildman–Crippen LogP) is 2.08. The molecule has 0 aromatic heterocycles. The molecule has 19 heavy (non-hydrogen) atoms. The van der Waals surface area contributed by atoms with E-state index in [0.29, 0.717) is 22.3 Å². The highest BCUT2D eigenvalue weighted by atomic mass is 35.5. The first-order valence-electron chi connectivity index (χ1n) is 6.53. The lowest BCUT2D eigenvalue weighted by molar-refractivity contribution is 0.0944. The molecule has 1 aliphatic heterocycles. The van der Waals surface area contributed by atoms with Crippen molar-refractivity contribution in [3.05, 3.63) is 28.8 Å². The van der Waals surface area contributed by atoms with Crippen LogP contribution in [0, 0.1) is 5.92 Å². The maximum Gasteiger partial charge on any atom is 0.251 e. The molecular formula is C14H19ClN2O2. The number of nitrogens with one attached hydrogen (secondary N) is 2. The fraction of sp³-hybridized carbons (Fsp3) is 0.500. The molecule has 1 heterocycles. The molecule has 0 saturated carbocycles.